The van der Waals surface area contributed by atoms with Crippen LogP contribution in [-0.2, 0) is 6.42 Å². The Morgan fingerprint density at radius 1 is 1.14 bits per heavy atom. The Morgan fingerprint density at radius 2 is 1.86 bits per heavy atom. The average molecular weight is 349 g/mol. The molecule has 0 radical (unpaired) electrons. The lowest BCUT2D eigenvalue weighted by Gasteiger charge is -2.15. The lowest BCUT2D eigenvalue weighted by molar-refractivity contribution is 0.835. The van der Waals surface area contributed by atoms with E-state index < -0.39 is 0 Å². The highest BCUT2D eigenvalue weighted by atomic mass is 79.9. The molecule has 112 valence electrons. The Bertz CT molecular complexity index is 640. The van der Waals surface area contributed by atoms with E-state index in [4.69, 9.17) is 0 Å². The average Bonchev–Trinajstić information content (AvgIpc) is 2.45. The molecular formula is C16H21BrN4. The molecule has 0 aliphatic heterocycles. The standard InChI is InChI=1S/C16H21BrN4/c1-5-6-14-20-15(18-4)11(3)16(21-14)19-13-8-7-12(17)9-10(13)2/h7-9H,5-6H2,1-4H3,(H2,18,19,20,21). The van der Waals surface area contributed by atoms with Crippen LogP contribution in [0, 0.1) is 13.8 Å². The fraction of sp³-hybridized carbons (Fsp3) is 0.375. The second-order valence-electron chi connectivity index (χ2n) is 5.05. The monoisotopic (exact) mass is 348 g/mol. The van der Waals surface area contributed by atoms with Gasteiger partial charge in [-0.25, -0.2) is 9.97 Å². The third-order valence-corrected chi connectivity index (χ3v) is 3.84. The number of aromatic nitrogens is 2. The zero-order valence-electron chi connectivity index (χ0n) is 12.9. The van der Waals surface area contributed by atoms with Gasteiger partial charge in [0, 0.05) is 29.2 Å². The quantitative estimate of drug-likeness (QED) is 0.829. The summed E-state index contributed by atoms with van der Waals surface area (Å²) in [6, 6.07) is 6.17. The van der Waals surface area contributed by atoms with Crippen LogP contribution in [-0.4, -0.2) is 17.0 Å². The van der Waals surface area contributed by atoms with E-state index >= 15 is 0 Å². The zero-order valence-corrected chi connectivity index (χ0v) is 14.5. The first-order chi connectivity index (χ1) is 10.0. The van der Waals surface area contributed by atoms with Crippen LogP contribution >= 0.6 is 15.9 Å². The van der Waals surface area contributed by atoms with Gasteiger partial charge in [-0.1, -0.05) is 22.9 Å². The van der Waals surface area contributed by atoms with Crippen LogP contribution in [0.25, 0.3) is 0 Å². The van der Waals surface area contributed by atoms with Crippen LogP contribution in [0.5, 0.6) is 0 Å². The van der Waals surface area contributed by atoms with Gasteiger partial charge < -0.3 is 10.6 Å². The Kier molecular flexibility index (Phi) is 5.17. The van der Waals surface area contributed by atoms with Crippen LogP contribution in [0.2, 0.25) is 0 Å². The van der Waals surface area contributed by atoms with Crippen LogP contribution in [0.1, 0.15) is 30.3 Å². The molecule has 1 aromatic heterocycles. The second kappa shape index (κ2) is 6.89. The zero-order chi connectivity index (χ0) is 15.4. The number of aryl methyl sites for hydroxylation is 2. The van der Waals surface area contributed by atoms with E-state index in [0.29, 0.717) is 0 Å². The van der Waals surface area contributed by atoms with Crippen molar-refractivity contribution in [3.63, 3.8) is 0 Å². The van der Waals surface area contributed by atoms with E-state index in [1.54, 1.807) is 0 Å². The summed E-state index contributed by atoms with van der Waals surface area (Å²) in [4.78, 5) is 9.21. The molecule has 2 N–H and O–H groups in total. The van der Waals surface area contributed by atoms with Crippen molar-refractivity contribution in [2.75, 3.05) is 17.7 Å². The molecule has 0 bridgehead atoms. The van der Waals surface area contributed by atoms with Gasteiger partial charge in [-0.3, -0.25) is 0 Å². The third-order valence-electron chi connectivity index (χ3n) is 3.34. The van der Waals surface area contributed by atoms with Gasteiger partial charge in [-0.2, -0.15) is 0 Å². The fourth-order valence-electron chi connectivity index (χ4n) is 2.16. The summed E-state index contributed by atoms with van der Waals surface area (Å²) in [5, 5.41) is 6.57. The molecule has 2 aromatic rings. The summed E-state index contributed by atoms with van der Waals surface area (Å²) in [6.07, 6.45) is 1.91. The van der Waals surface area contributed by atoms with Crippen molar-refractivity contribution in [3.05, 3.63) is 39.6 Å². The van der Waals surface area contributed by atoms with Crippen molar-refractivity contribution < 1.29 is 0 Å². The SMILES string of the molecule is CCCc1nc(NC)c(C)c(Nc2ccc(Br)cc2C)n1. The number of nitrogens with one attached hydrogen (secondary N) is 2. The molecule has 0 aliphatic carbocycles. The Morgan fingerprint density at radius 3 is 2.48 bits per heavy atom. The van der Waals surface area contributed by atoms with E-state index in [9.17, 15) is 0 Å². The molecule has 1 heterocycles. The molecule has 0 spiro atoms. The highest BCUT2D eigenvalue weighted by Gasteiger charge is 2.11. The summed E-state index contributed by atoms with van der Waals surface area (Å²) in [5.74, 6) is 2.61. The number of hydrogen-bond acceptors (Lipinski definition) is 4. The lowest BCUT2D eigenvalue weighted by Crippen LogP contribution is -2.07. The first-order valence-electron chi connectivity index (χ1n) is 7.13. The molecule has 4 nitrogen and oxygen atoms in total. The first-order valence-corrected chi connectivity index (χ1v) is 7.93. The minimum absolute atomic E-state index is 0.864. The smallest absolute Gasteiger partial charge is 0.139 e. The minimum Gasteiger partial charge on any atom is -0.373 e. The predicted molar refractivity (Wildman–Crippen MR) is 92.5 cm³/mol. The fourth-order valence-corrected chi connectivity index (χ4v) is 2.63. The minimum atomic E-state index is 0.864. The molecule has 2 rings (SSSR count). The summed E-state index contributed by atoms with van der Waals surface area (Å²) < 4.78 is 1.08. The van der Waals surface area contributed by atoms with Gasteiger partial charge in [0.15, 0.2) is 0 Å². The van der Waals surface area contributed by atoms with E-state index in [1.165, 1.54) is 5.56 Å². The molecule has 1 aromatic carbocycles. The number of benzene rings is 1. The Balaban J connectivity index is 2.40. The number of hydrogen-bond donors (Lipinski definition) is 2. The summed E-state index contributed by atoms with van der Waals surface area (Å²) >= 11 is 3.49. The van der Waals surface area contributed by atoms with Crippen LogP contribution < -0.4 is 10.6 Å². The molecule has 0 unspecified atom stereocenters. The normalized spacial score (nSPS) is 10.5. The van der Waals surface area contributed by atoms with Gasteiger partial charge in [0.1, 0.15) is 17.5 Å². The topological polar surface area (TPSA) is 49.8 Å². The van der Waals surface area contributed by atoms with Crippen LogP contribution in [0.15, 0.2) is 22.7 Å². The lowest BCUT2D eigenvalue weighted by atomic mass is 10.2. The van der Waals surface area contributed by atoms with Crippen molar-refractivity contribution in [2.45, 2.75) is 33.6 Å². The maximum absolute atomic E-state index is 4.66. The van der Waals surface area contributed by atoms with Crippen LogP contribution in [0.3, 0.4) is 0 Å². The van der Waals surface area contributed by atoms with Gasteiger partial charge in [-0.05, 0) is 44.0 Å². The Labute approximate surface area is 134 Å². The number of nitrogens with zero attached hydrogens (tertiary/aromatic N) is 2. The summed E-state index contributed by atoms with van der Waals surface area (Å²) in [5.41, 5.74) is 3.26. The van der Waals surface area contributed by atoms with Crippen molar-refractivity contribution in [2.24, 2.45) is 0 Å². The predicted octanol–water partition coefficient (Wildman–Crippen LogP) is 4.59. The van der Waals surface area contributed by atoms with Gasteiger partial charge >= 0.3 is 0 Å². The van der Waals surface area contributed by atoms with Crippen molar-refractivity contribution in [3.8, 4) is 0 Å². The van der Waals surface area contributed by atoms with Crippen LogP contribution in [0.4, 0.5) is 17.3 Å². The van der Waals surface area contributed by atoms with E-state index in [0.717, 1.165) is 46.0 Å². The molecule has 0 amide bonds. The van der Waals surface area contributed by atoms with Gasteiger partial charge in [0.2, 0.25) is 0 Å². The molecular weight excluding hydrogens is 328 g/mol. The van der Waals surface area contributed by atoms with Crippen molar-refractivity contribution in [1.82, 2.24) is 9.97 Å². The first kappa shape index (κ1) is 15.8. The molecule has 0 saturated carbocycles. The number of rotatable bonds is 5. The molecule has 0 fully saturated rings. The molecule has 0 aliphatic rings. The second-order valence-corrected chi connectivity index (χ2v) is 5.96. The molecule has 0 atom stereocenters. The van der Waals surface area contributed by atoms with E-state index in [2.05, 4.69) is 62.5 Å². The maximum atomic E-state index is 4.66. The van der Waals surface area contributed by atoms with Gasteiger partial charge in [-0.15, -0.1) is 0 Å². The third kappa shape index (κ3) is 3.73. The van der Waals surface area contributed by atoms with Crippen molar-refractivity contribution in [1.29, 1.82) is 0 Å². The molecule has 5 heteroatoms. The van der Waals surface area contributed by atoms with Gasteiger partial charge in [0.05, 0.1) is 0 Å². The van der Waals surface area contributed by atoms with E-state index in [1.807, 2.05) is 20.0 Å². The van der Waals surface area contributed by atoms with Crippen molar-refractivity contribution >= 4 is 33.3 Å². The summed E-state index contributed by atoms with van der Waals surface area (Å²) in [6.45, 7) is 6.24. The highest BCUT2D eigenvalue weighted by Crippen LogP contribution is 2.27. The molecule has 21 heavy (non-hydrogen) atoms. The van der Waals surface area contributed by atoms with Gasteiger partial charge in [0.25, 0.3) is 0 Å². The highest BCUT2D eigenvalue weighted by molar-refractivity contribution is 9.10. The molecule has 0 saturated heterocycles. The summed E-state index contributed by atoms with van der Waals surface area (Å²) in [7, 11) is 1.89. The number of anilines is 3. The van der Waals surface area contributed by atoms with E-state index in [-0.39, 0.29) is 0 Å². The largest absolute Gasteiger partial charge is 0.373 e. The number of halogens is 1. The maximum Gasteiger partial charge on any atom is 0.139 e. The Hall–Kier alpha value is -1.62.